The van der Waals surface area contributed by atoms with E-state index in [1.165, 1.54) is 51.4 Å². The molecule has 0 saturated heterocycles. The molecule has 0 amide bonds. The van der Waals surface area contributed by atoms with Crippen LogP contribution in [0.15, 0.2) is 11.6 Å². The van der Waals surface area contributed by atoms with E-state index in [2.05, 4.69) is 61.5 Å². The molecule has 192 valence electrons. The molecule has 10 atom stereocenters. The topological polar surface area (TPSA) is 26.3 Å². The van der Waals surface area contributed by atoms with Crippen molar-refractivity contribution in [3.63, 3.8) is 0 Å². The van der Waals surface area contributed by atoms with Gasteiger partial charge in [0.2, 0.25) is 0 Å². The fourth-order valence-corrected chi connectivity index (χ4v) is 11.2. The van der Waals surface area contributed by atoms with Crippen LogP contribution in [-0.2, 0) is 9.53 Å². The van der Waals surface area contributed by atoms with Crippen molar-refractivity contribution in [2.75, 3.05) is 0 Å². The van der Waals surface area contributed by atoms with Crippen LogP contribution >= 0.6 is 0 Å². The van der Waals surface area contributed by atoms with Gasteiger partial charge in [0.05, 0.1) is 0 Å². The van der Waals surface area contributed by atoms with Gasteiger partial charge in [-0.05, 0) is 109 Å². The molecule has 0 radical (unpaired) electrons. The van der Waals surface area contributed by atoms with Crippen LogP contribution in [0.1, 0.15) is 120 Å². The molecular formula is C32H52O2. The number of carbonyl (C=O) groups is 1. The lowest BCUT2D eigenvalue weighted by Crippen LogP contribution is -2.65. The smallest absolute Gasteiger partial charge is 0.302 e. The van der Waals surface area contributed by atoms with Crippen molar-refractivity contribution in [3.8, 4) is 0 Å². The van der Waals surface area contributed by atoms with Gasteiger partial charge in [0.15, 0.2) is 0 Å². The summed E-state index contributed by atoms with van der Waals surface area (Å²) >= 11 is 0. The molecule has 4 saturated carbocycles. The van der Waals surface area contributed by atoms with Crippen LogP contribution in [-0.4, -0.2) is 12.1 Å². The average molecular weight is 469 g/mol. The molecule has 0 unspecified atom stereocenters. The van der Waals surface area contributed by atoms with Crippen LogP contribution in [0.2, 0.25) is 0 Å². The van der Waals surface area contributed by atoms with Crippen molar-refractivity contribution in [1.82, 2.24) is 0 Å². The summed E-state index contributed by atoms with van der Waals surface area (Å²) in [5.74, 6) is 3.66. The Morgan fingerprint density at radius 1 is 0.882 bits per heavy atom. The first-order valence-electron chi connectivity index (χ1n) is 14.6. The predicted molar refractivity (Wildman–Crippen MR) is 140 cm³/mol. The number of hydrogen-bond donors (Lipinski definition) is 0. The maximum absolute atomic E-state index is 11.9. The number of esters is 1. The van der Waals surface area contributed by atoms with E-state index in [0.717, 1.165) is 30.1 Å². The molecule has 0 aliphatic heterocycles. The number of hydrogen-bond acceptors (Lipinski definition) is 2. The summed E-state index contributed by atoms with van der Waals surface area (Å²) in [5, 5.41) is 0. The van der Waals surface area contributed by atoms with Gasteiger partial charge in [-0.25, -0.2) is 0 Å². The van der Waals surface area contributed by atoms with Gasteiger partial charge in [0.1, 0.15) is 6.10 Å². The molecule has 0 bridgehead atoms. The zero-order valence-corrected chi connectivity index (χ0v) is 23.7. The Balaban J connectivity index is 1.54. The quantitative estimate of drug-likeness (QED) is 0.284. The molecule has 2 heteroatoms. The van der Waals surface area contributed by atoms with E-state index in [4.69, 9.17) is 4.74 Å². The third-order valence-corrected chi connectivity index (χ3v) is 13.6. The van der Waals surface area contributed by atoms with E-state index < -0.39 is 0 Å². The zero-order valence-electron chi connectivity index (χ0n) is 23.7. The largest absolute Gasteiger partial charge is 0.462 e. The Kier molecular flexibility index (Phi) is 5.57. The zero-order chi connectivity index (χ0) is 24.9. The van der Waals surface area contributed by atoms with E-state index in [0.29, 0.717) is 27.6 Å². The van der Waals surface area contributed by atoms with Gasteiger partial charge in [-0.3, -0.25) is 4.79 Å². The van der Waals surface area contributed by atoms with Gasteiger partial charge in [0.25, 0.3) is 0 Å². The van der Waals surface area contributed by atoms with E-state index in [1.54, 1.807) is 6.92 Å². The lowest BCUT2D eigenvalue weighted by molar-refractivity contribution is -0.212. The Bertz CT molecular complexity index is 885. The lowest BCUT2D eigenvalue weighted by Gasteiger charge is -2.71. The summed E-state index contributed by atoms with van der Waals surface area (Å²) < 4.78 is 5.91. The van der Waals surface area contributed by atoms with Crippen LogP contribution in [0.4, 0.5) is 0 Å². The van der Waals surface area contributed by atoms with Crippen molar-refractivity contribution < 1.29 is 9.53 Å². The highest BCUT2D eigenvalue weighted by Crippen LogP contribution is 2.75. The van der Waals surface area contributed by atoms with Crippen LogP contribution in [0, 0.1) is 56.7 Å². The van der Waals surface area contributed by atoms with Gasteiger partial charge >= 0.3 is 5.97 Å². The van der Waals surface area contributed by atoms with Crippen LogP contribution < -0.4 is 0 Å². The fourth-order valence-electron chi connectivity index (χ4n) is 11.2. The van der Waals surface area contributed by atoms with Gasteiger partial charge < -0.3 is 4.74 Å². The lowest BCUT2D eigenvalue weighted by atomic mass is 9.33. The Labute approximate surface area is 210 Å². The standard InChI is InChI=1S/C32H52O2/c1-20-12-15-29(6)18-19-31(8)23(27(29)21(20)2)10-11-25-30(7)16-14-26(34-22(3)33)28(4,5)24(30)13-17-32(25,31)9/h10,20-21,24-27H,11-19H2,1-9H3/t20-,21-,24-,25-,26-,27+,29+,30-,31+,32-/m1/s1. The van der Waals surface area contributed by atoms with Crippen molar-refractivity contribution in [3.05, 3.63) is 11.6 Å². The van der Waals surface area contributed by atoms with Gasteiger partial charge in [-0.15, -0.1) is 0 Å². The molecule has 0 aromatic heterocycles. The van der Waals surface area contributed by atoms with Crippen molar-refractivity contribution in [2.45, 2.75) is 126 Å². The van der Waals surface area contributed by atoms with Crippen molar-refractivity contribution in [1.29, 1.82) is 0 Å². The number of allylic oxidation sites excluding steroid dienone is 2. The average Bonchev–Trinajstić information content (AvgIpc) is 2.74. The third-order valence-electron chi connectivity index (χ3n) is 13.6. The third kappa shape index (κ3) is 3.08. The molecule has 34 heavy (non-hydrogen) atoms. The summed E-state index contributed by atoms with van der Waals surface area (Å²) in [7, 11) is 0. The fraction of sp³-hybridized carbons (Fsp3) is 0.906. The summed E-state index contributed by atoms with van der Waals surface area (Å²) in [6.45, 7) is 22.1. The van der Waals surface area contributed by atoms with E-state index in [1.807, 2.05) is 5.57 Å². The first kappa shape index (κ1) is 24.9. The normalized spacial score (nSPS) is 54.0. The van der Waals surface area contributed by atoms with Crippen LogP contribution in [0.5, 0.6) is 0 Å². The summed E-state index contributed by atoms with van der Waals surface area (Å²) in [4.78, 5) is 11.9. The molecule has 0 N–H and O–H groups in total. The molecule has 5 aliphatic carbocycles. The Morgan fingerprint density at radius 2 is 1.59 bits per heavy atom. The van der Waals surface area contributed by atoms with Crippen LogP contribution in [0.25, 0.3) is 0 Å². The minimum absolute atomic E-state index is 0.0450. The number of ether oxygens (including phenoxy) is 1. The van der Waals surface area contributed by atoms with E-state index >= 15 is 0 Å². The van der Waals surface area contributed by atoms with E-state index in [-0.39, 0.29) is 17.5 Å². The summed E-state index contributed by atoms with van der Waals surface area (Å²) in [5.41, 5.74) is 3.44. The highest BCUT2D eigenvalue weighted by molar-refractivity contribution is 5.66. The summed E-state index contributed by atoms with van der Waals surface area (Å²) in [6, 6.07) is 0. The second-order valence-electron chi connectivity index (χ2n) is 15.3. The number of fused-ring (bicyclic) bond motifs is 7. The first-order chi connectivity index (χ1) is 15.7. The number of rotatable bonds is 1. The monoisotopic (exact) mass is 468 g/mol. The molecule has 5 rings (SSSR count). The van der Waals surface area contributed by atoms with Gasteiger partial charge in [0, 0.05) is 12.3 Å². The van der Waals surface area contributed by atoms with Crippen molar-refractivity contribution >= 4 is 5.97 Å². The minimum Gasteiger partial charge on any atom is -0.462 e. The van der Waals surface area contributed by atoms with E-state index in [9.17, 15) is 4.79 Å². The second-order valence-corrected chi connectivity index (χ2v) is 15.3. The molecule has 0 spiro atoms. The van der Waals surface area contributed by atoms with Crippen molar-refractivity contribution in [2.24, 2.45) is 56.7 Å². The number of carbonyl (C=O) groups excluding carboxylic acids is 1. The molecule has 5 aliphatic rings. The highest BCUT2D eigenvalue weighted by atomic mass is 16.5. The predicted octanol–water partition coefficient (Wildman–Crippen LogP) is 8.60. The second kappa shape index (κ2) is 7.61. The SMILES string of the molecule is CC(=O)O[C@@H]1CC[C@]2(C)[C@H](CC[C@]3(C)[C@@H]2CC=C2[C@@H]4[C@H](C)[C@H](C)CC[C@@]4(C)CC[C@@]23C)C1(C)C. The molecule has 0 aromatic carbocycles. The highest BCUT2D eigenvalue weighted by Gasteiger charge is 2.68. The minimum atomic E-state index is -0.110. The van der Waals surface area contributed by atoms with Crippen LogP contribution in [0.3, 0.4) is 0 Å². The van der Waals surface area contributed by atoms with Gasteiger partial charge in [-0.1, -0.05) is 67.0 Å². The molecule has 2 nitrogen and oxygen atoms in total. The maximum atomic E-state index is 11.9. The maximum Gasteiger partial charge on any atom is 0.302 e. The molecule has 0 aromatic rings. The molecule has 4 fully saturated rings. The van der Waals surface area contributed by atoms with Gasteiger partial charge in [-0.2, -0.15) is 0 Å². The molecule has 0 heterocycles. The first-order valence-corrected chi connectivity index (χ1v) is 14.6. The Morgan fingerprint density at radius 3 is 2.26 bits per heavy atom. The summed E-state index contributed by atoms with van der Waals surface area (Å²) in [6.07, 6.45) is 14.6. The Hall–Kier alpha value is -0.790. The molecular weight excluding hydrogens is 416 g/mol.